The van der Waals surface area contributed by atoms with Crippen LogP contribution in [0.25, 0.3) is 5.70 Å². The molecule has 1 fully saturated rings. The zero-order chi connectivity index (χ0) is 15.0. The maximum Gasteiger partial charge on any atom is 0.259 e. The first-order chi connectivity index (χ1) is 10.1. The third-order valence-electron chi connectivity index (χ3n) is 4.08. The molecule has 5 nitrogen and oxygen atoms in total. The number of carbonyl (C=O) groups is 2. The molecule has 0 radical (unpaired) electrons. The van der Waals surface area contributed by atoms with Crippen molar-refractivity contribution in [2.24, 2.45) is 0 Å². The SMILES string of the molecule is C=C1c2ccccc2C(=O)N1CC(=O)N1CCCC(O)C1. The molecule has 0 aromatic heterocycles. The van der Waals surface area contributed by atoms with Gasteiger partial charge in [0, 0.05) is 29.9 Å². The first-order valence-electron chi connectivity index (χ1n) is 7.14. The lowest BCUT2D eigenvalue weighted by Crippen LogP contribution is -2.46. The van der Waals surface area contributed by atoms with Crippen molar-refractivity contribution in [1.82, 2.24) is 9.80 Å². The van der Waals surface area contributed by atoms with Crippen LogP contribution in [0.5, 0.6) is 0 Å². The first-order valence-corrected chi connectivity index (χ1v) is 7.14. The molecule has 0 saturated carbocycles. The number of fused-ring (bicyclic) bond motifs is 1. The molecule has 2 amide bonds. The maximum absolute atomic E-state index is 12.3. The average molecular weight is 286 g/mol. The molecule has 5 heteroatoms. The number of aliphatic hydroxyl groups excluding tert-OH is 1. The maximum atomic E-state index is 12.3. The highest BCUT2D eigenvalue weighted by molar-refractivity contribution is 6.10. The third kappa shape index (κ3) is 2.45. The number of aliphatic hydroxyl groups is 1. The summed E-state index contributed by atoms with van der Waals surface area (Å²) >= 11 is 0. The standard InChI is InChI=1S/C16H18N2O3/c1-11-13-6-2-3-7-14(13)16(21)18(11)10-15(20)17-8-4-5-12(19)9-17/h2-3,6-7,12,19H,1,4-5,8-10H2. The van der Waals surface area contributed by atoms with Gasteiger partial charge in [0.05, 0.1) is 6.10 Å². The van der Waals surface area contributed by atoms with E-state index in [0.29, 0.717) is 24.4 Å². The molecule has 0 spiro atoms. The smallest absolute Gasteiger partial charge is 0.259 e. The van der Waals surface area contributed by atoms with Gasteiger partial charge in [-0.25, -0.2) is 0 Å². The van der Waals surface area contributed by atoms with Crippen molar-refractivity contribution < 1.29 is 14.7 Å². The van der Waals surface area contributed by atoms with E-state index in [1.165, 1.54) is 4.90 Å². The molecule has 1 saturated heterocycles. The quantitative estimate of drug-likeness (QED) is 0.885. The van der Waals surface area contributed by atoms with Crippen LogP contribution in [0.2, 0.25) is 0 Å². The summed E-state index contributed by atoms with van der Waals surface area (Å²) in [5.41, 5.74) is 1.95. The van der Waals surface area contributed by atoms with Crippen LogP contribution in [-0.4, -0.2) is 52.5 Å². The highest BCUT2D eigenvalue weighted by atomic mass is 16.3. The van der Waals surface area contributed by atoms with Crippen LogP contribution in [-0.2, 0) is 4.79 Å². The van der Waals surface area contributed by atoms with Crippen LogP contribution in [0.4, 0.5) is 0 Å². The number of rotatable bonds is 2. The van der Waals surface area contributed by atoms with E-state index in [-0.39, 0.29) is 18.4 Å². The van der Waals surface area contributed by atoms with Gasteiger partial charge in [0.2, 0.25) is 5.91 Å². The summed E-state index contributed by atoms with van der Waals surface area (Å²) in [6, 6.07) is 7.24. The Morgan fingerprint density at radius 1 is 1.33 bits per heavy atom. The second-order valence-corrected chi connectivity index (χ2v) is 5.52. The van der Waals surface area contributed by atoms with E-state index in [0.717, 1.165) is 18.4 Å². The highest BCUT2D eigenvalue weighted by Gasteiger charge is 2.33. The molecule has 1 aromatic carbocycles. The summed E-state index contributed by atoms with van der Waals surface area (Å²) < 4.78 is 0. The van der Waals surface area contributed by atoms with Crippen molar-refractivity contribution in [3.63, 3.8) is 0 Å². The van der Waals surface area contributed by atoms with Crippen molar-refractivity contribution >= 4 is 17.5 Å². The lowest BCUT2D eigenvalue weighted by atomic mass is 10.1. The summed E-state index contributed by atoms with van der Waals surface area (Å²) in [5, 5.41) is 9.64. The molecule has 0 bridgehead atoms. The van der Waals surface area contributed by atoms with Crippen LogP contribution in [0.3, 0.4) is 0 Å². The number of carbonyl (C=O) groups excluding carboxylic acids is 2. The summed E-state index contributed by atoms with van der Waals surface area (Å²) in [6.45, 7) is 4.89. The predicted octanol–water partition coefficient (Wildman–Crippen LogP) is 1.10. The molecular formula is C16H18N2O3. The summed E-state index contributed by atoms with van der Waals surface area (Å²) in [4.78, 5) is 27.7. The molecule has 1 unspecified atom stereocenters. The van der Waals surface area contributed by atoms with Crippen molar-refractivity contribution in [3.8, 4) is 0 Å². The largest absolute Gasteiger partial charge is 0.391 e. The minimum absolute atomic E-state index is 0.0148. The number of amides is 2. The van der Waals surface area contributed by atoms with Crippen LogP contribution in [0.15, 0.2) is 30.8 Å². The number of β-amino-alcohol motifs (C(OH)–C–C–N with tert-alkyl or cyclic N) is 1. The van der Waals surface area contributed by atoms with E-state index in [1.807, 2.05) is 12.1 Å². The minimum Gasteiger partial charge on any atom is -0.391 e. The Labute approximate surface area is 123 Å². The van der Waals surface area contributed by atoms with Gasteiger partial charge in [-0.3, -0.25) is 14.5 Å². The Kier molecular flexibility index (Phi) is 3.51. The summed E-state index contributed by atoms with van der Waals surface area (Å²) in [5.74, 6) is -0.322. The molecule has 2 aliphatic rings. The lowest BCUT2D eigenvalue weighted by Gasteiger charge is -2.31. The Bertz CT molecular complexity index is 576. The van der Waals surface area contributed by atoms with Crippen LogP contribution >= 0.6 is 0 Å². The van der Waals surface area contributed by atoms with Gasteiger partial charge < -0.3 is 10.0 Å². The summed E-state index contributed by atoms with van der Waals surface area (Å²) in [6.07, 6.45) is 1.06. The van der Waals surface area contributed by atoms with Crippen LogP contribution in [0, 0.1) is 0 Å². The summed E-state index contributed by atoms with van der Waals surface area (Å²) in [7, 11) is 0. The van der Waals surface area contributed by atoms with E-state index in [1.54, 1.807) is 17.0 Å². The van der Waals surface area contributed by atoms with E-state index < -0.39 is 6.10 Å². The van der Waals surface area contributed by atoms with Crippen molar-refractivity contribution in [2.75, 3.05) is 19.6 Å². The third-order valence-corrected chi connectivity index (χ3v) is 4.08. The van der Waals surface area contributed by atoms with Crippen LogP contribution < -0.4 is 0 Å². The number of benzene rings is 1. The second kappa shape index (κ2) is 5.33. The molecule has 1 N–H and O–H groups in total. The van der Waals surface area contributed by atoms with Crippen molar-refractivity contribution in [3.05, 3.63) is 42.0 Å². The van der Waals surface area contributed by atoms with E-state index in [2.05, 4.69) is 6.58 Å². The number of likely N-dealkylation sites (tertiary alicyclic amines) is 1. The number of hydrogen-bond donors (Lipinski definition) is 1. The number of hydrogen-bond acceptors (Lipinski definition) is 3. The van der Waals surface area contributed by atoms with Gasteiger partial charge in [-0.05, 0) is 18.9 Å². The first kappa shape index (κ1) is 13.8. The monoisotopic (exact) mass is 286 g/mol. The average Bonchev–Trinajstić information content (AvgIpc) is 2.73. The molecule has 2 aliphatic heterocycles. The van der Waals surface area contributed by atoms with E-state index >= 15 is 0 Å². The molecule has 3 rings (SSSR count). The molecule has 1 aromatic rings. The van der Waals surface area contributed by atoms with Gasteiger partial charge in [0.15, 0.2) is 0 Å². The Balaban J connectivity index is 1.73. The number of piperidine rings is 1. The molecule has 1 atom stereocenters. The Morgan fingerprint density at radius 3 is 2.71 bits per heavy atom. The van der Waals surface area contributed by atoms with E-state index in [9.17, 15) is 14.7 Å². The van der Waals surface area contributed by atoms with Gasteiger partial charge in [-0.1, -0.05) is 24.8 Å². The minimum atomic E-state index is -0.461. The topological polar surface area (TPSA) is 60.9 Å². The number of nitrogens with zero attached hydrogens (tertiary/aromatic N) is 2. The molecule has 0 aliphatic carbocycles. The normalized spacial score (nSPS) is 21.7. The molecular weight excluding hydrogens is 268 g/mol. The fraction of sp³-hybridized carbons (Fsp3) is 0.375. The molecule has 2 heterocycles. The van der Waals surface area contributed by atoms with E-state index in [4.69, 9.17) is 0 Å². The lowest BCUT2D eigenvalue weighted by molar-refractivity contribution is -0.134. The van der Waals surface area contributed by atoms with Gasteiger partial charge in [-0.2, -0.15) is 0 Å². The zero-order valence-electron chi connectivity index (χ0n) is 11.8. The fourth-order valence-corrected chi connectivity index (χ4v) is 2.92. The Hall–Kier alpha value is -2.14. The predicted molar refractivity (Wildman–Crippen MR) is 78.3 cm³/mol. The van der Waals surface area contributed by atoms with Crippen molar-refractivity contribution in [2.45, 2.75) is 18.9 Å². The van der Waals surface area contributed by atoms with Gasteiger partial charge in [0.25, 0.3) is 5.91 Å². The van der Waals surface area contributed by atoms with Crippen molar-refractivity contribution in [1.29, 1.82) is 0 Å². The zero-order valence-corrected chi connectivity index (χ0v) is 11.8. The fourth-order valence-electron chi connectivity index (χ4n) is 2.92. The molecule has 110 valence electrons. The van der Waals surface area contributed by atoms with Gasteiger partial charge in [-0.15, -0.1) is 0 Å². The highest BCUT2D eigenvalue weighted by Crippen LogP contribution is 2.31. The van der Waals surface area contributed by atoms with Crippen LogP contribution in [0.1, 0.15) is 28.8 Å². The second-order valence-electron chi connectivity index (χ2n) is 5.52. The van der Waals surface area contributed by atoms with Gasteiger partial charge in [0.1, 0.15) is 6.54 Å². The Morgan fingerprint density at radius 2 is 2.05 bits per heavy atom. The molecule has 21 heavy (non-hydrogen) atoms. The van der Waals surface area contributed by atoms with Gasteiger partial charge >= 0.3 is 0 Å².